The van der Waals surface area contributed by atoms with E-state index in [4.69, 9.17) is 0 Å². The van der Waals surface area contributed by atoms with Crippen molar-refractivity contribution in [3.8, 4) is 0 Å². The highest BCUT2D eigenvalue weighted by molar-refractivity contribution is 7.99. The molecule has 2 aliphatic heterocycles. The number of carbonyl (C=O) groups is 2. The van der Waals surface area contributed by atoms with Gasteiger partial charge in [0.1, 0.15) is 11.4 Å². The van der Waals surface area contributed by atoms with Crippen LogP contribution in [0.25, 0.3) is 0 Å². The third kappa shape index (κ3) is 2.41. The number of thioether (sulfide) groups is 1. The molecule has 0 aliphatic carbocycles. The summed E-state index contributed by atoms with van der Waals surface area (Å²) in [5.41, 5.74) is 2.81. The SMILES string of the molecule is O=C(NCc1ccccc1)[C@@H]1CSC2c3ccccc3C(=O)N21. The predicted octanol–water partition coefficient (Wildman–Crippen LogP) is 2.57. The summed E-state index contributed by atoms with van der Waals surface area (Å²) in [6.07, 6.45) is 0. The second-order valence-electron chi connectivity index (χ2n) is 5.70. The molecule has 5 heteroatoms. The summed E-state index contributed by atoms with van der Waals surface area (Å²) in [6.45, 7) is 0.487. The lowest BCUT2D eigenvalue weighted by Crippen LogP contribution is -2.45. The Morgan fingerprint density at radius 1 is 1.13 bits per heavy atom. The zero-order valence-corrected chi connectivity index (χ0v) is 13.3. The van der Waals surface area contributed by atoms with E-state index in [2.05, 4.69) is 5.32 Å². The second-order valence-corrected chi connectivity index (χ2v) is 6.82. The Bertz CT molecular complexity index is 763. The highest BCUT2D eigenvalue weighted by Gasteiger charge is 2.48. The number of nitrogens with one attached hydrogen (secondary N) is 1. The standard InChI is InChI=1S/C18H16N2O2S/c21-16(19-10-12-6-2-1-3-7-12)15-11-23-18-14-9-5-4-8-13(14)17(22)20(15)18/h1-9,15,18H,10-11H2,(H,19,21)/t15-,18?/m0/s1. The zero-order chi connectivity index (χ0) is 15.8. The molecule has 2 atom stereocenters. The first kappa shape index (κ1) is 14.3. The maximum absolute atomic E-state index is 12.6. The number of amides is 2. The van der Waals surface area contributed by atoms with Crippen LogP contribution in [-0.4, -0.2) is 28.5 Å². The van der Waals surface area contributed by atoms with Gasteiger partial charge in [0.05, 0.1) is 0 Å². The van der Waals surface area contributed by atoms with Crippen molar-refractivity contribution in [1.29, 1.82) is 0 Å². The van der Waals surface area contributed by atoms with E-state index in [1.54, 1.807) is 16.7 Å². The highest BCUT2D eigenvalue weighted by atomic mass is 32.2. The van der Waals surface area contributed by atoms with Crippen LogP contribution in [0.2, 0.25) is 0 Å². The van der Waals surface area contributed by atoms with Gasteiger partial charge in [0.2, 0.25) is 5.91 Å². The third-order valence-corrected chi connectivity index (χ3v) is 5.61. The minimum Gasteiger partial charge on any atom is -0.350 e. The van der Waals surface area contributed by atoms with Gasteiger partial charge in [0.15, 0.2) is 0 Å². The summed E-state index contributed by atoms with van der Waals surface area (Å²) >= 11 is 1.66. The van der Waals surface area contributed by atoms with Gasteiger partial charge in [-0.15, -0.1) is 11.8 Å². The molecule has 4 rings (SSSR count). The van der Waals surface area contributed by atoms with Crippen LogP contribution < -0.4 is 5.32 Å². The third-order valence-electron chi connectivity index (χ3n) is 4.30. The minimum atomic E-state index is -0.395. The fourth-order valence-electron chi connectivity index (χ4n) is 3.15. The van der Waals surface area contributed by atoms with E-state index in [-0.39, 0.29) is 17.2 Å². The number of nitrogens with zero attached hydrogens (tertiary/aromatic N) is 1. The molecule has 0 aromatic heterocycles. The molecule has 1 N–H and O–H groups in total. The molecule has 2 amide bonds. The first-order valence-electron chi connectivity index (χ1n) is 7.60. The van der Waals surface area contributed by atoms with E-state index in [0.717, 1.165) is 16.7 Å². The molecule has 1 saturated heterocycles. The van der Waals surface area contributed by atoms with Gasteiger partial charge in [0.25, 0.3) is 5.91 Å². The van der Waals surface area contributed by atoms with Crippen molar-refractivity contribution in [3.05, 3.63) is 71.3 Å². The van der Waals surface area contributed by atoms with Crippen LogP contribution in [-0.2, 0) is 11.3 Å². The molecule has 0 spiro atoms. The molecule has 116 valence electrons. The Morgan fingerprint density at radius 3 is 2.70 bits per heavy atom. The van der Waals surface area contributed by atoms with Gasteiger partial charge in [-0.25, -0.2) is 0 Å². The topological polar surface area (TPSA) is 49.4 Å². The molecule has 2 aromatic carbocycles. The van der Waals surface area contributed by atoms with E-state index >= 15 is 0 Å². The van der Waals surface area contributed by atoms with Gasteiger partial charge in [-0.1, -0.05) is 48.5 Å². The maximum atomic E-state index is 12.6. The van der Waals surface area contributed by atoms with Gasteiger partial charge in [-0.05, 0) is 17.2 Å². The van der Waals surface area contributed by atoms with Crippen LogP contribution in [0, 0.1) is 0 Å². The number of hydrogen-bond donors (Lipinski definition) is 1. The fraction of sp³-hybridized carbons (Fsp3) is 0.222. The van der Waals surface area contributed by atoms with E-state index in [9.17, 15) is 9.59 Å². The molecule has 0 bridgehead atoms. The van der Waals surface area contributed by atoms with Crippen molar-refractivity contribution < 1.29 is 9.59 Å². The Balaban J connectivity index is 1.49. The normalized spacial score (nSPS) is 21.9. The van der Waals surface area contributed by atoms with Gasteiger partial charge in [-0.2, -0.15) is 0 Å². The summed E-state index contributed by atoms with van der Waals surface area (Å²) in [5.74, 6) is 0.534. The first-order valence-corrected chi connectivity index (χ1v) is 8.65. The van der Waals surface area contributed by atoms with Crippen LogP contribution in [0.5, 0.6) is 0 Å². The van der Waals surface area contributed by atoms with Crippen molar-refractivity contribution in [1.82, 2.24) is 10.2 Å². The van der Waals surface area contributed by atoms with Crippen molar-refractivity contribution >= 4 is 23.6 Å². The number of rotatable bonds is 3. The molecule has 2 aromatic rings. The van der Waals surface area contributed by atoms with Gasteiger partial charge >= 0.3 is 0 Å². The summed E-state index contributed by atoms with van der Waals surface area (Å²) in [7, 11) is 0. The van der Waals surface area contributed by atoms with Crippen molar-refractivity contribution in [2.45, 2.75) is 18.0 Å². The average Bonchev–Trinajstić information content (AvgIpc) is 3.15. The van der Waals surface area contributed by atoms with Crippen LogP contribution >= 0.6 is 11.8 Å². The van der Waals surface area contributed by atoms with Gasteiger partial charge in [0, 0.05) is 17.9 Å². The lowest BCUT2D eigenvalue weighted by Gasteiger charge is -2.22. The number of hydrogen-bond acceptors (Lipinski definition) is 3. The van der Waals surface area contributed by atoms with Crippen LogP contribution in [0.3, 0.4) is 0 Å². The summed E-state index contributed by atoms with van der Waals surface area (Å²) in [4.78, 5) is 26.9. The Morgan fingerprint density at radius 2 is 1.87 bits per heavy atom. The monoisotopic (exact) mass is 324 g/mol. The average molecular weight is 324 g/mol. The second kappa shape index (κ2) is 5.74. The van der Waals surface area contributed by atoms with E-state index in [0.29, 0.717) is 12.3 Å². The maximum Gasteiger partial charge on any atom is 0.256 e. The summed E-state index contributed by atoms with van der Waals surface area (Å²) < 4.78 is 0. The van der Waals surface area contributed by atoms with Gasteiger partial charge < -0.3 is 10.2 Å². The summed E-state index contributed by atoms with van der Waals surface area (Å²) in [5, 5.41) is 2.93. The first-order chi connectivity index (χ1) is 11.3. The van der Waals surface area contributed by atoms with E-state index in [1.165, 1.54) is 0 Å². The molecule has 23 heavy (non-hydrogen) atoms. The van der Waals surface area contributed by atoms with Gasteiger partial charge in [-0.3, -0.25) is 9.59 Å². The lowest BCUT2D eigenvalue weighted by atomic mass is 10.1. The summed E-state index contributed by atoms with van der Waals surface area (Å²) in [6, 6.07) is 17.0. The molecular formula is C18H16N2O2S. The van der Waals surface area contributed by atoms with Crippen molar-refractivity contribution in [2.24, 2.45) is 0 Å². The fourth-order valence-corrected chi connectivity index (χ4v) is 4.61. The van der Waals surface area contributed by atoms with E-state index < -0.39 is 6.04 Å². The molecule has 2 aliphatic rings. The largest absolute Gasteiger partial charge is 0.350 e. The van der Waals surface area contributed by atoms with E-state index in [1.807, 2.05) is 54.6 Å². The molecule has 1 unspecified atom stereocenters. The quantitative estimate of drug-likeness (QED) is 0.944. The zero-order valence-electron chi connectivity index (χ0n) is 12.4. The molecule has 4 nitrogen and oxygen atoms in total. The molecule has 2 heterocycles. The minimum absolute atomic E-state index is 0.0221. The van der Waals surface area contributed by atoms with Crippen molar-refractivity contribution in [2.75, 3.05) is 5.75 Å². The molecular weight excluding hydrogens is 308 g/mol. The number of carbonyl (C=O) groups excluding carboxylic acids is 2. The Kier molecular flexibility index (Phi) is 3.58. The van der Waals surface area contributed by atoms with Crippen molar-refractivity contribution in [3.63, 3.8) is 0 Å². The smallest absolute Gasteiger partial charge is 0.256 e. The molecule has 1 fully saturated rings. The Hall–Kier alpha value is -2.27. The lowest BCUT2D eigenvalue weighted by molar-refractivity contribution is -0.124. The van der Waals surface area contributed by atoms with Crippen LogP contribution in [0.4, 0.5) is 0 Å². The highest BCUT2D eigenvalue weighted by Crippen LogP contribution is 2.47. The predicted molar refractivity (Wildman–Crippen MR) is 89.9 cm³/mol. The molecule has 0 saturated carbocycles. The van der Waals surface area contributed by atoms with Crippen LogP contribution in [0.1, 0.15) is 26.9 Å². The number of fused-ring (bicyclic) bond motifs is 3. The Labute approximate surface area is 138 Å². The van der Waals surface area contributed by atoms with Crippen LogP contribution in [0.15, 0.2) is 54.6 Å². The molecule has 0 radical (unpaired) electrons. The number of benzene rings is 2.